The van der Waals surface area contributed by atoms with Crippen LogP contribution < -0.4 is 16.0 Å². The minimum absolute atomic E-state index is 0.256. The quantitative estimate of drug-likeness (QED) is 0.546. The Bertz CT molecular complexity index is 320. The number of hydrogen-bond donors (Lipinski definition) is 3. The average Bonchev–Trinajstić information content (AvgIpc) is 2.06. The van der Waals surface area contributed by atoms with Gasteiger partial charge in [0.2, 0.25) is 11.8 Å². The fourth-order valence-corrected chi connectivity index (χ4v) is 1.37. The summed E-state index contributed by atoms with van der Waals surface area (Å²) in [5, 5.41) is 7.39. The van der Waals surface area contributed by atoms with Crippen molar-refractivity contribution >= 4 is 17.8 Å². The molecule has 0 spiro atoms. The van der Waals surface area contributed by atoms with Crippen LogP contribution in [0.4, 0.5) is 4.79 Å². The van der Waals surface area contributed by atoms with Crippen molar-refractivity contribution in [3.8, 4) is 0 Å². The fourth-order valence-electron chi connectivity index (χ4n) is 1.37. The van der Waals surface area contributed by atoms with Gasteiger partial charge in [0.05, 0.1) is 0 Å². The minimum Gasteiger partial charge on any atom is -0.334 e. The number of piperidine rings is 1. The van der Waals surface area contributed by atoms with Gasteiger partial charge >= 0.3 is 6.03 Å². The summed E-state index contributed by atoms with van der Waals surface area (Å²) in [4.78, 5) is 33.7. The first-order valence-electron chi connectivity index (χ1n) is 5.20. The summed E-state index contributed by atoms with van der Waals surface area (Å²) in [6, 6.07) is -1.03. The Morgan fingerprint density at radius 3 is 2.50 bits per heavy atom. The highest BCUT2D eigenvalue weighted by molar-refractivity contribution is 6.01. The molecule has 0 aromatic carbocycles. The van der Waals surface area contributed by atoms with Crippen molar-refractivity contribution < 1.29 is 14.4 Å². The van der Waals surface area contributed by atoms with Crippen LogP contribution >= 0.6 is 0 Å². The first kappa shape index (κ1) is 12.5. The normalized spacial score (nSPS) is 21.3. The van der Waals surface area contributed by atoms with Crippen LogP contribution in [0.25, 0.3) is 0 Å². The zero-order valence-corrected chi connectivity index (χ0v) is 9.72. The van der Waals surface area contributed by atoms with Gasteiger partial charge in [0.1, 0.15) is 6.04 Å². The molecule has 16 heavy (non-hydrogen) atoms. The number of carbonyl (C=O) groups is 3. The van der Waals surface area contributed by atoms with Crippen LogP contribution in [0.15, 0.2) is 0 Å². The predicted octanol–water partition coefficient (Wildman–Crippen LogP) is -0.111. The van der Waals surface area contributed by atoms with Crippen molar-refractivity contribution in [2.75, 3.05) is 0 Å². The van der Waals surface area contributed by atoms with E-state index in [-0.39, 0.29) is 17.9 Å². The van der Waals surface area contributed by atoms with Gasteiger partial charge in [-0.3, -0.25) is 14.9 Å². The predicted molar refractivity (Wildman–Crippen MR) is 57.6 cm³/mol. The average molecular weight is 227 g/mol. The summed E-state index contributed by atoms with van der Waals surface area (Å²) in [6.07, 6.45) is 0.606. The van der Waals surface area contributed by atoms with Gasteiger partial charge in [0.25, 0.3) is 0 Å². The standard InChI is InChI=1S/C10H17N3O3/c1-10(2,3)13-9(16)11-6-4-5-7(14)12-8(6)15/h6H,4-5H2,1-3H3,(H2,11,13,16)(H,12,14,15). The highest BCUT2D eigenvalue weighted by atomic mass is 16.2. The van der Waals surface area contributed by atoms with Crippen LogP contribution in [0.5, 0.6) is 0 Å². The minimum atomic E-state index is -0.625. The van der Waals surface area contributed by atoms with Crippen molar-refractivity contribution in [3.05, 3.63) is 0 Å². The van der Waals surface area contributed by atoms with Crippen LogP contribution in [0, 0.1) is 0 Å². The molecule has 0 saturated carbocycles. The fraction of sp³-hybridized carbons (Fsp3) is 0.700. The smallest absolute Gasteiger partial charge is 0.315 e. The molecule has 6 heteroatoms. The molecule has 0 aliphatic carbocycles. The summed E-state index contributed by atoms with van der Waals surface area (Å²) in [7, 11) is 0. The molecule has 1 atom stereocenters. The van der Waals surface area contributed by atoms with E-state index in [4.69, 9.17) is 0 Å². The van der Waals surface area contributed by atoms with E-state index in [1.54, 1.807) is 0 Å². The first-order chi connectivity index (χ1) is 7.28. The molecule has 0 aromatic rings. The Hall–Kier alpha value is -1.59. The number of nitrogens with one attached hydrogen (secondary N) is 3. The van der Waals surface area contributed by atoms with E-state index >= 15 is 0 Å². The molecular formula is C10H17N3O3. The lowest BCUT2D eigenvalue weighted by Gasteiger charge is -2.25. The number of imide groups is 1. The van der Waals surface area contributed by atoms with Crippen LogP contribution in [0.3, 0.4) is 0 Å². The van der Waals surface area contributed by atoms with E-state index in [1.807, 2.05) is 20.8 Å². The Morgan fingerprint density at radius 1 is 1.38 bits per heavy atom. The van der Waals surface area contributed by atoms with Crippen molar-refractivity contribution in [1.82, 2.24) is 16.0 Å². The van der Waals surface area contributed by atoms with E-state index in [0.29, 0.717) is 6.42 Å². The van der Waals surface area contributed by atoms with Gasteiger partial charge in [-0.25, -0.2) is 4.79 Å². The van der Waals surface area contributed by atoms with Crippen LogP contribution in [-0.4, -0.2) is 29.4 Å². The molecule has 1 fully saturated rings. The van der Waals surface area contributed by atoms with Crippen LogP contribution in [-0.2, 0) is 9.59 Å². The Balaban J connectivity index is 2.45. The number of rotatable bonds is 1. The lowest BCUT2D eigenvalue weighted by molar-refractivity contribution is -0.134. The second kappa shape index (κ2) is 4.51. The molecule has 1 aliphatic heterocycles. The monoisotopic (exact) mass is 227 g/mol. The van der Waals surface area contributed by atoms with E-state index < -0.39 is 18.0 Å². The van der Waals surface area contributed by atoms with Crippen LogP contribution in [0.2, 0.25) is 0 Å². The molecule has 0 aromatic heterocycles. The Kier molecular flexibility index (Phi) is 3.51. The summed E-state index contributed by atoms with van der Waals surface area (Å²) < 4.78 is 0. The molecule has 90 valence electrons. The summed E-state index contributed by atoms with van der Waals surface area (Å²) in [5.41, 5.74) is -0.356. The van der Waals surface area contributed by atoms with E-state index in [1.165, 1.54) is 0 Å². The molecule has 3 N–H and O–H groups in total. The zero-order valence-electron chi connectivity index (χ0n) is 9.72. The number of amides is 4. The van der Waals surface area contributed by atoms with Gasteiger partial charge in [-0.2, -0.15) is 0 Å². The molecule has 1 saturated heterocycles. The van der Waals surface area contributed by atoms with Crippen molar-refractivity contribution in [2.24, 2.45) is 0 Å². The number of urea groups is 1. The van der Waals surface area contributed by atoms with Gasteiger partial charge in [0.15, 0.2) is 0 Å². The molecule has 1 aliphatic rings. The summed E-state index contributed by atoms with van der Waals surface area (Å²) in [5.74, 6) is -0.736. The highest BCUT2D eigenvalue weighted by Gasteiger charge is 2.28. The third kappa shape index (κ3) is 3.88. The summed E-state index contributed by atoms with van der Waals surface area (Å²) >= 11 is 0. The Morgan fingerprint density at radius 2 is 2.00 bits per heavy atom. The molecule has 0 radical (unpaired) electrons. The highest BCUT2D eigenvalue weighted by Crippen LogP contribution is 2.04. The molecule has 1 rings (SSSR count). The zero-order chi connectivity index (χ0) is 12.3. The third-order valence-electron chi connectivity index (χ3n) is 2.03. The second-order valence-electron chi connectivity index (χ2n) is 4.85. The molecular weight excluding hydrogens is 210 g/mol. The third-order valence-corrected chi connectivity index (χ3v) is 2.03. The molecule has 1 unspecified atom stereocenters. The van der Waals surface area contributed by atoms with Gasteiger partial charge in [-0.15, -0.1) is 0 Å². The van der Waals surface area contributed by atoms with Gasteiger partial charge in [0, 0.05) is 12.0 Å². The second-order valence-corrected chi connectivity index (χ2v) is 4.85. The summed E-state index contributed by atoms with van der Waals surface area (Å²) in [6.45, 7) is 5.53. The first-order valence-corrected chi connectivity index (χ1v) is 5.20. The lowest BCUT2D eigenvalue weighted by Crippen LogP contribution is -2.56. The van der Waals surface area contributed by atoms with Crippen molar-refractivity contribution in [3.63, 3.8) is 0 Å². The van der Waals surface area contributed by atoms with Crippen molar-refractivity contribution in [1.29, 1.82) is 0 Å². The van der Waals surface area contributed by atoms with E-state index in [2.05, 4.69) is 16.0 Å². The number of hydrogen-bond acceptors (Lipinski definition) is 3. The van der Waals surface area contributed by atoms with Crippen molar-refractivity contribution in [2.45, 2.75) is 45.2 Å². The largest absolute Gasteiger partial charge is 0.334 e. The number of carbonyl (C=O) groups excluding carboxylic acids is 3. The molecule has 6 nitrogen and oxygen atoms in total. The van der Waals surface area contributed by atoms with Gasteiger partial charge < -0.3 is 10.6 Å². The van der Waals surface area contributed by atoms with Gasteiger partial charge in [-0.05, 0) is 27.2 Å². The lowest BCUT2D eigenvalue weighted by atomic mass is 10.1. The maximum atomic E-state index is 11.5. The molecule has 1 heterocycles. The maximum Gasteiger partial charge on any atom is 0.315 e. The van der Waals surface area contributed by atoms with E-state index in [0.717, 1.165) is 0 Å². The Labute approximate surface area is 94.2 Å². The molecule has 0 bridgehead atoms. The SMILES string of the molecule is CC(C)(C)NC(=O)NC1CCC(=O)NC1=O. The topological polar surface area (TPSA) is 87.3 Å². The van der Waals surface area contributed by atoms with Crippen LogP contribution in [0.1, 0.15) is 33.6 Å². The van der Waals surface area contributed by atoms with E-state index in [9.17, 15) is 14.4 Å². The maximum absolute atomic E-state index is 11.5. The molecule has 4 amide bonds. The van der Waals surface area contributed by atoms with Gasteiger partial charge in [-0.1, -0.05) is 0 Å².